The standard InChI is InChI=1S/C19H21NO3S2/c1-3-24-13-10-8-12(9-11-13)17(21)20-18-16(19(22)23-2)14-6-4-5-7-15(14)25-18/h8-11H,3-7H2,1-2H3,(H,20,21). The first-order chi connectivity index (χ1) is 12.1. The Bertz CT molecular complexity index is 781. The summed E-state index contributed by atoms with van der Waals surface area (Å²) in [5.74, 6) is 0.426. The average Bonchev–Trinajstić information content (AvgIpc) is 2.99. The molecule has 1 aromatic carbocycles. The van der Waals surface area contributed by atoms with E-state index in [9.17, 15) is 9.59 Å². The molecule has 4 nitrogen and oxygen atoms in total. The second kappa shape index (κ2) is 8.06. The molecular formula is C19H21NO3S2. The zero-order valence-electron chi connectivity index (χ0n) is 14.4. The van der Waals surface area contributed by atoms with E-state index < -0.39 is 0 Å². The maximum absolute atomic E-state index is 12.6. The number of thioether (sulfide) groups is 1. The Balaban J connectivity index is 1.85. The van der Waals surface area contributed by atoms with E-state index in [1.54, 1.807) is 11.8 Å². The molecule has 2 aromatic rings. The molecule has 1 N–H and O–H groups in total. The van der Waals surface area contributed by atoms with Crippen molar-refractivity contribution in [3.63, 3.8) is 0 Å². The van der Waals surface area contributed by atoms with Gasteiger partial charge >= 0.3 is 5.97 Å². The number of nitrogens with one attached hydrogen (secondary N) is 1. The number of ether oxygens (including phenoxy) is 1. The molecule has 1 aliphatic rings. The number of amides is 1. The number of carbonyl (C=O) groups is 2. The van der Waals surface area contributed by atoms with Crippen molar-refractivity contribution in [3.8, 4) is 0 Å². The van der Waals surface area contributed by atoms with Crippen molar-refractivity contribution >= 4 is 40.0 Å². The van der Waals surface area contributed by atoms with Gasteiger partial charge in [-0.25, -0.2) is 4.79 Å². The first kappa shape index (κ1) is 18.0. The number of rotatable bonds is 5. The molecular weight excluding hydrogens is 354 g/mol. The summed E-state index contributed by atoms with van der Waals surface area (Å²) < 4.78 is 4.94. The van der Waals surface area contributed by atoms with Gasteiger partial charge in [0.25, 0.3) is 5.91 Å². The molecule has 0 bridgehead atoms. The highest BCUT2D eigenvalue weighted by molar-refractivity contribution is 7.99. The van der Waals surface area contributed by atoms with Crippen LogP contribution < -0.4 is 5.32 Å². The second-order valence-corrected chi connectivity index (χ2v) is 8.26. The lowest BCUT2D eigenvalue weighted by atomic mass is 9.95. The van der Waals surface area contributed by atoms with E-state index >= 15 is 0 Å². The quantitative estimate of drug-likeness (QED) is 0.604. The molecule has 0 spiro atoms. The van der Waals surface area contributed by atoms with Gasteiger partial charge in [-0.15, -0.1) is 23.1 Å². The molecule has 1 amide bonds. The van der Waals surface area contributed by atoms with E-state index in [0.29, 0.717) is 16.1 Å². The molecule has 0 aliphatic heterocycles. The second-order valence-electron chi connectivity index (χ2n) is 5.82. The molecule has 1 heterocycles. The molecule has 6 heteroatoms. The maximum Gasteiger partial charge on any atom is 0.341 e. The van der Waals surface area contributed by atoms with Crippen LogP contribution in [0.25, 0.3) is 0 Å². The molecule has 1 aromatic heterocycles. The van der Waals surface area contributed by atoms with Gasteiger partial charge in [-0.3, -0.25) is 4.79 Å². The summed E-state index contributed by atoms with van der Waals surface area (Å²) in [4.78, 5) is 27.2. The van der Waals surface area contributed by atoms with Gasteiger partial charge < -0.3 is 10.1 Å². The van der Waals surface area contributed by atoms with Crippen molar-refractivity contribution in [2.24, 2.45) is 0 Å². The summed E-state index contributed by atoms with van der Waals surface area (Å²) in [5.41, 5.74) is 2.17. The van der Waals surface area contributed by atoms with E-state index in [4.69, 9.17) is 4.74 Å². The normalized spacial score (nSPS) is 13.2. The Morgan fingerprint density at radius 2 is 1.92 bits per heavy atom. The lowest BCUT2D eigenvalue weighted by molar-refractivity contribution is 0.0601. The molecule has 1 aliphatic carbocycles. The zero-order chi connectivity index (χ0) is 17.8. The van der Waals surface area contributed by atoms with Gasteiger partial charge in [0, 0.05) is 15.3 Å². The highest BCUT2D eigenvalue weighted by atomic mass is 32.2. The number of benzene rings is 1. The largest absolute Gasteiger partial charge is 0.465 e. The summed E-state index contributed by atoms with van der Waals surface area (Å²) in [6, 6.07) is 7.53. The van der Waals surface area contributed by atoms with Crippen LogP contribution in [0.4, 0.5) is 5.00 Å². The SMILES string of the molecule is CCSc1ccc(C(=O)Nc2sc3c(c2C(=O)OC)CCCC3)cc1. The summed E-state index contributed by atoms with van der Waals surface area (Å²) in [5, 5.41) is 3.53. The number of hydrogen-bond donors (Lipinski definition) is 1. The fraction of sp³-hybridized carbons (Fsp3) is 0.368. The van der Waals surface area contributed by atoms with Crippen molar-refractivity contribution < 1.29 is 14.3 Å². The fourth-order valence-corrected chi connectivity index (χ4v) is 4.95. The van der Waals surface area contributed by atoms with E-state index in [-0.39, 0.29) is 11.9 Å². The molecule has 132 valence electrons. The summed E-state index contributed by atoms with van der Waals surface area (Å²) in [6.07, 6.45) is 4.02. The third-order valence-electron chi connectivity index (χ3n) is 4.22. The van der Waals surface area contributed by atoms with Crippen molar-refractivity contribution in [1.82, 2.24) is 0 Å². The van der Waals surface area contributed by atoms with Crippen LogP contribution in [0.5, 0.6) is 0 Å². The number of methoxy groups -OCH3 is 1. The third kappa shape index (κ3) is 3.90. The van der Waals surface area contributed by atoms with Crippen LogP contribution in [-0.4, -0.2) is 24.7 Å². The van der Waals surface area contributed by atoms with Gasteiger partial charge in [0.15, 0.2) is 0 Å². The Morgan fingerprint density at radius 1 is 1.20 bits per heavy atom. The van der Waals surface area contributed by atoms with Crippen molar-refractivity contribution in [1.29, 1.82) is 0 Å². The molecule has 0 radical (unpaired) electrons. The van der Waals surface area contributed by atoms with Gasteiger partial charge in [-0.05, 0) is 61.3 Å². The first-order valence-corrected chi connectivity index (χ1v) is 10.2. The van der Waals surface area contributed by atoms with Crippen LogP contribution in [0.1, 0.15) is 50.9 Å². The Labute approximate surface area is 156 Å². The van der Waals surface area contributed by atoms with E-state index in [1.807, 2.05) is 24.3 Å². The average molecular weight is 376 g/mol. The Kier molecular flexibility index (Phi) is 5.81. The van der Waals surface area contributed by atoms with Crippen LogP contribution in [-0.2, 0) is 17.6 Å². The Morgan fingerprint density at radius 3 is 2.60 bits per heavy atom. The fourth-order valence-electron chi connectivity index (χ4n) is 3.02. The molecule has 3 rings (SSSR count). The number of carbonyl (C=O) groups excluding carboxylic acids is 2. The highest BCUT2D eigenvalue weighted by Crippen LogP contribution is 2.38. The minimum Gasteiger partial charge on any atom is -0.465 e. The predicted molar refractivity (Wildman–Crippen MR) is 103 cm³/mol. The number of aryl methyl sites for hydroxylation is 1. The van der Waals surface area contributed by atoms with Gasteiger partial charge in [0.2, 0.25) is 0 Å². The number of thiophene rings is 1. The number of esters is 1. The summed E-state index contributed by atoms with van der Waals surface area (Å²) in [7, 11) is 1.38. The van der Waals surface area contributed by atoms with Crippen LogP contribution >= 0.6 is 23.1 Å². The van der Waals surface area contributed by atoms with Gasteiger partial charge in [0.05, 0.1) is 12.7 Å². The smallest absolute Gasteiger partial charge is 0.341 e. The third-order valence-corrected chi connectivity index (χ3v) is 6.32. The van der Waals surface area contributed by atoms with Crippen LogP contribution in [0, 0.1) is 0 Å². The van der Waals surface area contributed by atoms with Crippen molar-refractivity contribution in [2.75, 3.05) is 18.2 Å². The van der Waals surface area contributed by atoms with Crippen LogP contribution in [0.15, 0.2) is 29.2 Å². The minimum absolute atomic E-state index is 0.197. The van der Waals surface area contributed by atoms with Gasteiger partial charge in [-0.2, -0.15) is 0 Å². The monoisotopic (exact) mass is 375 g/mol. The lowest BCUT2D eigenvalue weighted by Gasteiger charge is -2.11. The highest BCUT2D eigenvalue weighted by Gasteiger charge is 2.27. The summed E-state index contributed by atoms with van der Waals surface area (Å²) in [6.45, 7) is 2.10. The zero-order valence-corrected chi connectivity index (χ0v) is 16.0. The van der Waals surface area contributed by atoms with Crippen molar-refractivity contribution in [3.05, 3.63) is 45.8 Å². The van der Waals surface area contributed by atoms with E-state index in [1.165, 1.54) is 23.3 Å². The van der Waals surface area contributed by atoms with E-state index in [2.05, 4.69) is 12.2 Å². The molecule has 0 fully saturated rings. The topological polar surface area (TPSA) is 55.4 Å². The Hall–Kier alpha value is -1.79. The van der Waals surface area contributed by atoms with Crippen LogP contribution in [0.3, 0.4) is 0 Å². The lowest BCUT2D eigenvalue weighted by Crippen LogP contribution is -2.15. The minimum atomic E-state index is -0.371. The molecule has 25 heavy (non-hydrogen) atoms. The number of anilines is 1. The number of hydrogen-bond acceptors (Lipinski definition) is 5. The van der Waals surface area contributed by atoms with E-state index in [0.717, 1.165) is 41.9 Å². The molecule has 0 saturated heterocycles. The molecule has 0 saturated carbocycles. The number of fused-ring (bicyclic) bond motifs is 1. The van der Waals surface area contributed by atoms with Crippen molar-refractivity contribution in [2.45, 2.75) is 37.5 Å². The molecule has 0 unspecified atom stereocenters. The first-order valence-electron chi connectivity index (χ1n) is 8.41. The van der Waals surface area contributed by atoms with Crippen LogP contribution in [0.2, 0.25) is 0 Å². The van der Waals surface area contributed by atoms with Gasteiger partial charge in [0.1, 0.15) is 5.00 Å². The maximum atomic E-state index is 12.6. The molecule has 0 atom stereocenters. The van der Waals surface area contributed by atoms with Gasteiger partial charge in [-0.1, -0.05) is 6.92 Å². The summed E-state index contributed by atoms with van der Waals surface area (Å²) >= 11 is 3.24. The predicted octanol–water partition coefficient (Wildman–Crippen LogP) is 4.78.